The van der Waals surface area contributed by atoms with E-state index in [1.54, 1.807) is 7.11 Å². The van der Waals surface area contributed by atoms with Crippen molar-refractivity contribution in [1.82, 2.24) is 15.5 Å². The lowest BCUT2D eigenvalue weighted by molar-refractivity contribution is 0.174. The lowest BCUT2D eigenvalue weighted by Gasteiger charge is -2.20. The number of nitrogens with zero attached hydrogens (tertiary/aromatic N) is 2. The highest BCUT2D eigenvalue weighted by Crippen LogP contribution is 2.21. The molecule has 1 N–H and O–H groups in total. The van der Waals surface area contributed by atoms with Crippen molar-refractivity contribution in [3.05, 3.63) is 11.7 Å². The third kappa shape index (κ3) is 4.09. The van der Waals surface area contributed by atoms with Gasteiger partial charge < -0.3 is 14.6 Å². The summed E-state index contributed by atoms with van der Waals surface area (Å²) in [6.07, 6.45) is 2.10. The number of rotatable bonds is 8. The Kier molecular flexibility index (Phi) is 6.15. The number of ether oxygens (including phenoxy) is 1. The number of methoxy groups -OCH3 is 1. The lowest BCUT2D eigenvalue weighted by Crippen LogP contribution is -2.32. The van der Waals surface area contributed by atoms with Gasteiger partial charge in [0.15, 0.2) is 5.82 Å². The highest BCUT2D eigenvalue weighted by Gasteiger charge is 2.23. The molecule has 5 heteroatoms. The van der Waals surface area contributed by atoms with Gasteiger partial charge >= 0.3 is 0 Å². The van der Waals surface area contributed by atoms with Gasteiger partial charge in [0.25, 0.3) is 0 Å². The maximum atomic E-state index is 5.29. The van der Waals surface area contributed by atoms with E-state index in [4.69, 9.17) is 9.26 Å². The van der Waals surface area contributed by atoms with Crippen LogP contribution in [0.4, 0.5) is 0 Å². The molecule has 0 bridgehead atoms. The highest BCUT2D eigenvalue weighted by atomic mass is 16.5. The number of aromatic nitrogens is 2. The summed E-state index contributed by atoms with van der Waals surface area (Å²) in [5.74, 6) is 1.58. The number of nitrogens with one attached hydrogen (secondary N) is 1. The van der Waals surface area contributed by atoms with Crippen LogP contribution in [0.5, 0.6) is 0 Å². The summed E-state index contributed by atoms with van der Waals surface area (Å²) >= 11 is 0. The highest BCUT2D eigenvalue weighted by molar-refractivity contribution is 4.97. The van der Waals surface area contributed by atoms with Crippen LogP contribution >= 0.6 is 0 Å². The van der Waals surface area contributed by atoms with E-state index in [1.807, 2.05) is 0 Å². The van der Waals surface area contributed by atoms with Crippen LogP contribution in [0.15, 0.2) is 4.52 Å². The fourth-order valence-electron chi connectivity index (χ4n) is 1.86. The molecule has 0 saturated heterocycles. The summed E-state index contributed by atoms with van der Waals surface area (Å²) in [6, 6.07) is 0.343. The first-order valence-corrected chi connectivity index (χ1v) is 6.27. The molecule has 1 heterocycles. The van der Waals surface area contributed by atoms with Crippen LogP contribution in [0.25, 0.3) is 0 Å². The Balaban J connectivity index is 2.64. The molecule has 0 spiro atoms. The topological polar surface area (TPSA) is 60.2 Å². The Morgan fingerprint density at radius 1 is 1.41 bits per heavy atom. The van der Waals surface area contributed by atoms with Crippen LogP contribution in [0.1, 0.15) is 51.2 Å². The number of hydrogen-bond donors (Lipinski definition) is 1. The third-order valence-corrected chi connectivity index (χ3v) is 2.83. The summed E-state index contributed by atoms with van der Waals surface area (Å²) in [7, 11) is 1.62. The molecule has 2 unspecified atom stereocenters. The molecule has 1 rings (SSSR count). The van der Waals surface area contributed by atoms with Gasteiger partial charge in [0.2, 0.25) is 5.89 Å². The molecule has 0 aliphatic carbocycles. The van der Waals surface area contributed by atoms with Crippen LogP contribution in [-0.2, 0) is 11.3 Å². The summed E-state index contributed by atoms with van der Waals surface area (Å²) < 4.78 is 10.3. The van der Waals surface area contributed by atoms with E-state index < -0.39 is 0 Å². The molecule has 5 nitrogen and oxygen atoms in total. The summed E-state index contributed by atoms with van der Waals surface area (Å²) in [6.45, 7) is 7.86. The van der Waals surface area contributed by atoms with E-state index in [0.717, 1.165) is 19.4 Å². The van der Waals surface area contributed by atoms with Gasteiger partial charge in [-0.1, -0.05) is 19.0 Å². The first-order valence-electron chi connectivity index (χ1n) is 6.27. The van der Waals surface area contributed by atoms with Crippen molar-refractivity contribution >= 4 is 0 Å². The molecule has 2 atom stereocenters. The minimum absolute atomic E-state index is 0.264. The predicted molar refractivity (Wildman–Crippen MR) is 65.8 cm³/mol. The van der Waals surface area contributed by atoms with Crippen LogP contribution in [-0.4, -0.2) is 29.8 Å². The Hall–Kier alpha value is -0.940. The zero-order valence-electron chi connectivity index (χ0n) is 11.2. The average molecular weight is 241 g/mol. The van der Waals surface area contributed by atoms with Crippen molar-refractivity contribution < 1.29 is 9.26 Å². The van der Waals surface area contributed by atoms with Gasteiger partial charge in [-0.15, -0.1) is 0 Å². The molecule has 98 valence electrons. The van der Waals surface area contributed by atoms with Crippen molar-refractivity contribution in [2.75, 3.05) is 13.7 Å². The normalized spacial score (nSPS) is 14.8. The van der Waals surface area contributed by atoms with Gasteiger partial charge in [-0.05, 0) is 26.3 Å². The first-order chi connectivity index (χ1) is 8.22. The quantitative estimate of drug-likeness (QED) is 0.755. The minimum atomic E-state index is 0.264. The van der Waals surface area contributed by atoms with Crippen LogP contribution in [0.2, 0.25) is 0 Å². The largest absolute Gasteiger partial charge is 0.377 e. The molecule has 1 aromatic rings. The van der Waals surface area contributed by atoms with Crippen molar-refractivity contribution in [2.45, 2.75) is 52.2 Å². The van der Waals surface area contributed by atoms with Gasteiger partial charge in [0, 0.05) is 13.2 Å². The Bertz CT molecular complexity index is 314. The van der Waals surface area contributed by atoms with Gasteiger partial charge in [0.05, 0.1) is 5.92 Å². The Morgan fingerprint density at radius 3 is 2.76 bits per heavy atom. The van der Waals surface area contributed by atoms with Crippen molar-refractivity contribution in [1.29, 1.82) is 0 Å². The van der Waals surface area contributed by atoms with Crippen molar-refractivity contribution in [3.63, 3.8) is 0 Å². The number of hydrogen-bond acceptors (Lipinski definition) is 5. The van der Waals surface area contributed by atoms with E-state index in [-0.39, 0.29) is 5.92 Å². The Labute approximate surface area is 103 Å². The molecular formula is C12H23N3O2. The molecule has 1 aromatic heterocycles. The van der Waals surface area contributed by atoms with Crippen molar-refractivity contribution in [3.8, 4) is 0 Å². The van der Waals surface area contributed by atoms with E-state index in [2.05, 4.69) is 36.2 Å². The minimum Gasteiger partial charge on any atom is -0.377 e. The van der Waals surface area contributed by atoms with Crippen LogP contribution in [0, 0.1) is 0 Å². The zero-order chi connectivity index (χ0) is 12.7. The van der Waals surface area contributed by atoms with Crippen LogP contribution in [0.3, 0.4) is 0 Å². The average Bonchev–Trinajstić information content (AvgIpc) is 2.76. The summed E-state index contributed by atoms with van der Waals surface area (Å²) in [5, 5.41) is 7.36. The first kappa shape index (κ1) is 14.1. The van der Waals surface area contributed by atoms with Gasteiger partial charge in [-0.25, -0.2) is 0 Å². The van der Waals surface area contributed by atoms with Crippen molar-refractivity contribution in [2.24, 2.45) is 0 Å². The second kappa shape index (κ2) is 7.40. The molecule has 0 amide bonds. The zero-order valence-corrected chi connectivity index (χ0v) is 11.2. The lowest BCUT2D eigenvalue weighted by atomic mass is 9.98. The molecule has 0 fully saturated rings. The van der Waals surface area contributed by atoms with Gasteiger partial charge in [-0.3, -0.25) is 0 Å². The molecule has 0 aliphatic heterocycles. The van der Waals surface area contributed by atoms with E-state index >= 15 is 0 Å². The molecule has 0 saturated carbocycles. The monoisotopic (exact) mass is 241 g/mol. The van der Waals surface area contributed by atoms with E-state index in [1.165, 1.54) is 0 Å². The van der Waals surface area contributed by atoms with E-state index in [0.29, 0.717) is 24.4 Å². The predicted octanol–water partition coefficient (Wildman–Crippen LogP) is 2.10. The van der Waals surface area contributed by atoms with Gasteiger partial charge in [0.1, 0.15) is 6.61 Å². The second-order valence-electron chi connectivity index (χ2n) is 4.24. The third-order valence-electron chi connectivity index (χ3n) is 2.83. The maximum Gasteiger partial charge on any atom is 0.231 e. The molecule has 0 aliphatic rings. The fraction of sp³-hybridized carbons (Fsp3) is 0.833. The van der Waals surface area contributed by atoms with Gasteiger partial charge in [-0.2, -0.15) is 4.98 Å². The molecule has 0 radical (unpaired) electrons. The maximum absolute atomic E-state index is 5.29. The molecular weight excluding hydrogens is 218 g/mol. The Morgan fingerprint density at radius 2 is 2.18 bits per heavy atom. The summed E-state index contributed by atoms with van der Waals surface area (Å²) in [4.78, 5) is 4.36. The fourth-order valence-corrected chi connectivity index (χ4v) is 1.86. The molecule has 17 heavy (non-hydrogen) atoms. The van der Waals surface area contributed by atoms with Crippen LogP contribution < -0.4 is 5.32 Å². The standard InChI is InChI=1S/C12H23N3O2/c1-5-7-13-9(3)10(6-2)12-14-11(8-16-4)15-17-12/h9-10,13H,5-8H2,1-4H3. The molecule has 0 aromatic carbocycles. The second-order valence-corrected chi connectivity index (χ2v) is 4.24. The van der Waals surface area contributed by atoms with E-state index in [9.17, 15) is 0 Å². The smallest absolute Gasteiger partial charge is 0.231 e. The SMILES string of the molecule is CCCNC(C)C(CC)c1nc(COC)no1. The summed E-state index contributed by atoms with van der Waals surface area (Å²) in [5.41, 5.74) is 0.